The number of amides is 2. The Kier molecular flexibility index (Phi) is 5.13. The normalized spacial score (nSPS) is 21.7. The van der Waals surface area contributed by atoms with Crippen molar-refractivity contribution in [1.82, 2.24) is 14.5 Å². The third-order valence-corrected chi connectivity index (χ3v) is 6.60. The topological polar surface area (TPSA) is 114 Å². The van der Waals surface area contributed by atoms with Crippen LogP contribution in [-0.4, -0.2) is 45.1 Å². The molecule has 2 aliphatic heterocycles. The van der Waals surface area contributed by atoms with Crippen molar-refractivity contribution in [3.8, 4) is 0 Å². The first-order valence-corrected chi connectivity index (χ1v) is 10.3. The van der Waals surface area contributed by atoms with E-state index in [1.54, 1.807) is 14.0 Å². The molecule has 2 aromatic rings. The number of carboxylic acids is 1. The van der Waals surface area contributed by atoms with Gasteiger partial charge in [-0.25, -0.2) is 4.79 Å². The standard InChI is InChI=1S/C21H26N4O5/c1-12(20(28)29)13-7-9-24(10-8-13)14-3-4-15-17(11-14)23(2)21(30)25(15)16-5-6-18(26)22-19(16)27/h3-4,11-13,16H,5-10H2,1-2H3,(H,28,29)(H,22,26,27)/t12-,16?/m1/s1. The smallest absolute Gasteiger partial charge is 0.329 e. The number of benzene rings is 1. The predicted octanol–water partition coefficient (Wildman–Crippen LogP) is 1.25. The molecule has 160 valence electrons. The summed E-state index contributed by atoms with van der Waals surface area (Å²) in [6.07, 6.45) is 2.13. The number of hydrogen-bond donors (Lipinski definition) is 2. The predicted molar refractivity (Wildman–Crippen MR) is 110 cm³/mol. The summed E-state index contributed by atoms with van der Waals surface area (Å²) in [6.45, 7) is 3.29. The minimum Gasteiger partial charge on any atom is -0.481 e. The molecular formula is C21H26N4O5. The van der Waals surface area contributed by atoms with Gasteiger partial charge in [0.05, 0.1) is 17.0 Å². The number of piperidine rings is 2. The van der Waals surface area contributed by atoms with E-state index in [4.69, 9.17) is 0 Å². The number of imidazole rings is 1. The molecule has 1 unspecified atom stereocenters. The quantitative estimate of drug-likeness (QED) is 0.728. The zero-order chi connectivity index (χ0) is 21.6. The molecule has 2 atom stereocenters. The molecule has 1 aromatic heterocycles. The lowest BCUT2D eigenvalue weighted by Crippen LogP contribution is -2.44. The van der Waals surface area contributed by atoms with Crippen LogP contribution in [0.4, 0.5) is 5.69 Å². The van der Waals surface area contributed by atoms with Crippen molar-refractivity contribution in [3.63, 3.8) is 0 Å². The van der Waals surface area contributed by atoms with E-state index in [9.17, 15) is 24.3 Å². The van der Waals surface area contributed by atoms with Crippen molar-refractivity contribution in [3.05, 3.63) is 28.7 Å². The first-order valence-electron chi connectivity index (χ1n) is 10.3. The van der Waals surface area contributed by atoms with Crippen LogP contribution in [-0.2, 0) is 21.4 Å². The van der Waals surface area contributed by atoms with E-state index in [-0.39, 0.29) is 29.9 Å². The molecule has 0 aliphatic carbocycles. The average Bonchev–Trinajstić information content (AvgIpc) is 2.98. The van der Waals surface area contributed by atoms with Gasteiger partial charge in [-0.1, -0.05) is 6.92 Å². The Hall–Kier alpha value is -3.10. The number of nitrogens with zero attached hydrogens (tertiary/aromatic N) is 3. The molecule has 2 fully saturated rings. The first kappa shape index (κ1) is 20.2. The first-order chi connectivity index (χ1) is 14.3. The number of hydrogen-bond acceptors (Lipinski definition) is 5. The number of rotatable bonds is 4. The van der Waals surface area contributed by atoms with Gasteiger partial charge in [0.15, 0.2) is 0 Å². The van der Waals surface area contributed by atoms with Gasteiger partial charge in [-0.3, -0.25) is 28.8 Å². The molecule has 9 nitrogen and oxygen atoms in total. The maximum absolute atomic E-state index is 12.9. The maximum Gasteiger partial charge on any atom is 0.329 e. The minimum absolute atomic E-state index is 0.167. The highest BCUT2D eigenvalue weighted by Crippen LogP contribution is 2.31. The summed E-state index contributed by atoms with van der Waals surface area (Å²) in [5, 5.41) is 11.6. The highest BCUT2D eigenvalue weighted by molar-refractivity contribution is 6.00. The van der Waals surface area contributed by atoms with Gasteiger partial charge in [-0.2, -0.15) is 0 Å². The van der Waals surface area contributed by atoms with Gasteiger partial charge in [-0.05, 0) is 43.4 Å². The van der Waals surface area contributed by atoms with Gasteiger partial charge in [0.2, 0.25) is 11.8 Å². The third kappa shape index (κ3) is 3.38. The van der Waals surface area contributed by atoms with Gasteiger partial charge in [0.1, 0.15) is 6.04 Å². The van der Waals surface area contributed by atoms with Gasteiger partial charge in [-0.15, -0.1) is 0 Å². The van der Waals surface area contributed by atoms with Crippen molar-refractivity contribution in [1.29, 1.82) is 0 Å². The summed E-state index contributed by atoms with van der Waals surface area (Å²) in [5.74, 6) is -1.69. The van der Waals surface area contributed by atoms with Crippen molar-refractivity contribution >= 4 is 34.5 Å². The molecule has 2 aliphatic rings. The third-order valence-electron chi connectivity index (χ3n) is 6.60. The molecule has 4 rings (SSSR count). The summed E-state index contributed by atoms with van der Waals surface area (Å²) in [5.41, 5.74) is 2.07. The van der Waals surface area contributed by atoms with E-state index in [2.05, 4.69) is 10.2 Å². The number of fused-ring (bicyclic) bond motifs is 1. The molecule has 1 aromatic carbocycles. The van der Waals surface area contributed by atoms with Crippen LogP contribution in [0.2, 0.25) is 0 Å². The van der Waals surface area contributed by atoms with E-state index in [1.807, 2.05) is 18.2 Å². The van der Waals surface area contributed by atoms with Crippen LogP contribution < -0.4 is 15.9 Å². The minimum atomic E-state index is -0.750. The van der Waals surface area contributed by atoms with Crippen molar-refractivity contribution < 1.29 is 19.5 Å². The van der Waals surface area contributed by atoms with Crippen molar-refractivity contribution in [2.45, 2.75) is 38.6 Å². The van der Waals surface area contributed by atoms with Gasteiger partial charge in [0.25, 0.3) is 0 Å². The molecule has 2 amide bonds. The summed E-state index contributed by atoms with van der Waals surface area (Å²) in [6, 6.07) is 5.03. The fourth-order valence-corrected chi connectivity index (χ4v) is 4.64. The van der Waals surface area contributed by atoms with E-state index >= 15 is 0 Å². The molecule has 0 saturated carbocycles. The fourth-order valence-electron chi connectivity index (χ4n) is 4.64. The summed E-state index contributed by atoms with van der Waals surface area (Å²) < 4.78 is 3.00. The van der Waals surface area contributed by atoms with E-state index in [0.29, 0.717) is 11.9 Å². The second-order valence-electron chi connectivity index (χ2n) is 8.30. The van der Waals surface area contributed by atoms with Crippen LogP contribution in [0, 0.1) is 11.8 Å². The van der Waals surface area contributed by atoms with Gasteiger partial charge >= 0.3 is 11.7 Å². The molecule has 2 saturated heterocycles. The largest absolute Gasteiger partial charge is 0.481 e. The highest BCUT2D eigenvalue weighted by atomic mass is 16.4. The number of aliphatic carboxylic acids is 1. The van der Waals surface area contributed by atoms with Gasteiger partial charge < -0.3 is 10.0 Å². The van der Waals surface area contributed by atoms with E-state index < -0.39 is 17.9 Å². The van der Waals surface area contributed by atoms with E-state index in [0.717, 1.165) is 37.1 Å². The Balaban J connectivity index is 1.61. The molecule has 0 bridgehead atoms. The molecule has 0 radical (unpaired) electrons. The molecule has 9 heteroatoms. The molecular weight excluding hydrogens is 388 g/mol. The summed E-state index contributed by atoms with van der Waals surface area (Å²) in [7, 11) is 1.68. The zero-order valence-corrected chi connectivity index (χ0v) is 17.1. The average molecular weight is 414 g/mol. The lowest BCUT2D eigenvalue weighted by atomic mass is 9.85. The van der Waals surface area contributed by atoms with Crippen molar-refractivity contribution in [2.75, 3.05) is 18.0 Å². The number of carbonyl (C=O) groups excluding carboxylic acids is 2. The number of imide groups is 1. The summed E-state index contributed by atoms with van der Waals surface area (Å²) >= 11 is 0. The fraction of sp³-hybridized carbons (Fsp3) is 0.524. The lowest BCUT2D eigenvalue weighted by molar-refractivity contribution is -0.143. The number of carboxylic acid groups (broad SMARTS) is 1. The molecule has 30 heavy (non-hydrogen) atoms. The Morgan fingerprint density at radius 2 is 1.83 bits per heavy atom. The number of aromatic nitrogens is 2. The number of anilines is 1. The molecule has 3 heterocycles. The molecule has 0 spiro atoms. The Bertz CT molecular complexity index is 1080. The SMILES string of the molecule is C[C@@H](C(=O)O)C1CCN(c2ccc3c(c2)n(C)c(=O)n3C2CCC(=O)NC2=O)CC1. The number of nitrogens with one attached hydrogen (secondary N) is 1. The Morgan fingerprint density at radius 1 is 1.13 bits per heavy atom. The monoisotopic (exact) mass is 414 g/mol. The second kappa shape index (κ2) is 7.62. The van der Waals surface area contributed by atoms with Crippen LogP contribution in [0.25, 0.3) is 11.0 Å². The number of aryl methyl sites for hydroxylation is 1. The zero-order valence-electron chi connectivity index (χ0n) is 17.1. The van der Waals surface area contributed by atoms with Crippen LogP contribution in [0.15, 0.2) is 23.0 Å². The van der Waals surface area contributed by atoms with Crippen molar-refractivity contribution in [2.24, 2.45) is 18.9 Å². The van der Waals surface area contributed by atoms with Crippen LogP contribution in [0.5, 0.6) is 0 Å². The molecule has 2 N–H and O–H groups in total. The van der Waals surface area contributed by atoms with Crippen LogP contribution in [0.1, 0.15) is 38.6 Å². The number of carbonyl (C=O) groups is 3. The Morgan fingerprint density at radius 3 is 2.47 bits per heavy atom. The lowest BCUT2D eigenvalue weighted by Gasteiger charge is -2.35. The maximum atomic E-state index is 12.9. The second-order valence-corrected chi connectivity index (χ2v) is 8.30. The van der Waals surface area contributed by atoms with E-state index in [1.165, 1.54) is 9.13 Å². The Labute approximate surface area is 173 Å². The highest BCUT2D eigenvalue weighted by Gasteiger charge is 2.32. The van der Waals surface area contributed by atoms with Crippen LogP contribution >= 0.6 is 0 Å². The van der Waals surface area contributed by atoms with Crippen LogP contribution in [0.3, 0.4) is 0 Å². The van der Waals surface area contributed by atoms with Gasteiger partial charge in [0, 0.05) is 32.2 Å². The summed E-state index contributed by atoms with van der Waals surface area (Å²) in [4.78, 5) is 50.1.